The highest BCUT2D eigenvalue weighted by molar-refractivity contribution is 5.69. The number of likely N-dealkylation sites (tertiary alicyclic amines) is 1. The topological polar surface area (TPSA) is 33.9 Å². The zero-order valence-corrected chi connectivity index (χ0v) is 11.5. The normalized spacial score (nSPS) is 20.8. The van der Waals surface area contributed by atoms with E-state index in [1.807, 2.05) is 27.7 Å². The first-order valence-electron chi connectivity index (χ1n) is 6.29. The third-order valence-electron chi connectivity index (χ3n) is 3.56. The molecule has 2 rings (SSSR count). The number of hydrogen-bond acceptors (Lipinski definition) is 2. The highest BCUT2D eigenvalue weighted by Gasteiger charge is 2.52. The molecule has 1 aliphatic carbocycles. The van der Waals surface area contributed by atoms with Gasteiger partial charge >= 0.3 is 6.09 Å². The van der Waals surface area contributed by atoms with E-state index in [0.717, 1.165) is 31.6 Å². The van der Waals surface area contributed by atoms with Gasteiger partial charge in [0.05, 0.1) is 6.57 Å². The molecule has 4 heteroatoms. The summed E-state index contributed by atoms with van der Waals surface area (Å²) in [4.78, 5) is 17.0. The molecule has 0 aromatic carbocycles. The summed E-state index contributed by atoms with van der Waals surface area (Å²) in [6.45, 7) is 16.0. The second-order valence-electron chi connectivity index (χ2n) is 6.49. The number of carbonyl (C=O) groups excluding carboxylic acids is 1. The number of hydrogen-bond donors (Lipinski definition) is 0. The van der Waals surface area contributed by atoms with Crippen molar-refractivity contribution in [1.82, 2.24) is 4.90 Å². The van der Waals surface area contributed by atoms with Gasteiger partial charge in [-0.3, -0.25) is 0 Å². The summed E-state index contributed by atoms with van der Waals surface area (Å²) >= 11 is 0. The van der Waals surface area contributed by atoms with Crippen LogP contribution >= 0.6 is 0 Å². The molecule has 4 nitrogen and oxygen atoms in total. The van der Waals surface area contributed by atoms with Crippen LogP contribution < -0.4 is 0 Å². The minimum absolute atomic E-state index is 0.215. The lowest BCUT2D eigenvalue weighted by molar-refractivity contribution is -0.0505. The van der Waals surface area contributed by atoms with Gasteiger partial charge in [-0.05, 0) is 40.5 Å². The van der Waals surface area contributed by atoms with Gasteiger partial charge in [0.25, 0.3) is 0 Å². The third kappa shape index (κ3) is 2.35. The molecule has 98 valence electrons. The highest BCUT2D eigenvalue weighted by Crippen LogP contribution is 2.52. The van der Waals surface area contributed by atoms with Crippen molar-refractivity contribution in [2.45, 2.75) is 46.1 Å². The molecule has 1 saturated carbocycles. The standard InChI is InChI=1S/C14H20N2O2/c1-10(15-5)11-6-14(7-11)8-16(9-14)12(17)18-13(2,3)4/h6-9H2,1-4H3. The Bertz CT molecular complexity index is 435. The lowest BCUT2D eigenvalue weighted by Crippen LogP contribution is -2.62. The van der Waals surface area contributed by atoms with Crippen LogP contribution in [0.4, 0.5) is 4.79 Å². The van der Waals surface area contributed by atoms with E-state index in [4.69, 9.17) is 11.3 Å². The molecule has 0 N–H and O–H groups in total. The summed E-state index contributed by atoms with van der Waals surface area (Å²) in [7, 11) is 0. The summed E-state index contributed by atoms with van der Waals surface area (Å²) in [5.74, 6) is 0. The maximum Gasteiger partial charge on any atom is 0.410 e. The Hall–Kier alpha value is -1.50. The van der Waals surface area contributed by atoms with Gasteiger partial charge in [0, 0.05) is 18.5 Å². The molecule has 1 heterocycles. The number of carbonyl (C=O) groups is 1. The fourth-order valence-electron chi connectivity index (χ4n) is 2.63. The number of nitrogens with zero attached hydrogens (tertiary/aromatic N) is 2. The van der Waals surface area contributed by atoms with Gasteiger partial charge < -0.3 is 9.64 Å². The summed E-state index contributed by atoms with van der Waals surface area (Å²) < 4.78 is 5.33. The maximum atomic E-state index is 11.8. The molecule has 18 heavy (non-hydrogen) atoms. The van der Waals surface area contributed by atoms with Gasteiger partial charge in [-0.25, -0.2) is 9.64 Å². The minimum atomic E-state index is -0.425. The Morgan fingerprint density at radius 1 is 1.39 bits per heavy atom. The molecule has 1 saturated heterocycles. The molecular formula is C14H20N2O2. The van der Waals surface area contributed by atoms with Crippen molar-refractivity contribution in [3.05, 3.63) is 22.7 Å². The first-order chi connectivity index (χ1) is 8.25. The van der Waals surface area contributed by atoms with E-state index in [0.29, 0.717) is 0 Å². The Labute approximate surface area is 108 Å². The predicted molar refractivity (Wildman–Crippen MR) is 68.8 cm³/mol. The average molecular weight is 248 g/mol. The van der Waals surface area contributed by atoms with Gasteiger partial charge in [0.1, 0.15) is 5.60 Å². The van der Waals surface area contributed by atoms with Crippen molar-refractivity contribution in [3.63, 3.8) is 0 Å². The van der Waals surface area contributed by atoms with Crippen LogP contribution in [-0.2, 0) is 4.74 Å². The van der Waals surface area contributed by atoms with Crippen LogP contribution in [0, 0.1) is 12.0 Å². The lowest BCUT2D eigenvalue weighted by atomic mass is 9.60. The van der Waals surface area contributed by atoms with Crippen molar-refractivity contribution in [1.29, 1.82) is 0 Å². The van der Waals surface area contributed by atoms with Crippen LogP contribution in [-0.4, -0.2) is 29.7 Å². The Kier molecular flexibility index (Phi) is 2.89. The van der Waals surface area contributed by atoms with Gasteiger partial charge in [-0.15, -0.1) is 0 Å². The van der Waals surface area contributed by atoms with Crippen LogP contribution in [0.15, 0.2) is 11.3 Å². The van der Waals surface area contributed by atoms with Crippen molar-refractivity contribution in [2.24, 2.45) is 5.41 Å². The van der Waals surface area contributed by atoms with Gasteiger partial charge in [-0.2, -0.15) is 0 Å². The smallest absolute Gasteiger partial charge is 0.410 e. The van der Waals surface area contributed by atoms with Crippen molar-refractivity contribution in [2.75, 3.05) is 13.1 Å². The maximum absolute atomic E-state index is 11.8. The molecule has 0 unspecified atom stereocenters. The Balaban J connectivity index is 1.83. The molecule has 0 aromatic rings. The fourth-order valence-corrected chi connectivity index (χ4v) is 2.63. The second-order valence-corrected chi connectivity index (χ2v) is 6.49. The van der Waals surface area contributed by atoms with E-state index in [1.54, 1.807) is 4.90 Å². The molecular weight excluding hydrogens is 228 g/mol. The monoisotopic (exact) mass is 248 g/mol. The molecule has 0 bridgehead atoms. The van der Waals surface area contributed by atoms with E-state index in [1.165, 1.54) is 5.57 Å². The zero-order valence-electron chi connectivity index (χ0n) is 11.5. The van der Waals surface area contributed by atoms with Gasteiger partial charge in [0.15, 0.2) is 5.70 Å². The molecule has 2 fully saturated rings. The lowest BCUT2D eigenvalue weighted by Gasteiger charge is -2.57. The Morgan fingerprint density at radius 3 is 2.39 bits per heavy atom. The number of amides is 1. The summed E-state index contributed by atoms with van der Waals surface area (Å²) in [6.07, 6.45) is 1.73. The van der Waals surface area contributed by atoms with Crippen LogP contribution in [0.2, 0.25) is 0 Å². The molecule has 1 aliphatic heterocycles. The summed E-state index contributed by atoms with van der Waals surface area (Å²) in [6, 6.07) is 0. The number of allylic oxidation sites excluding steroid dienone is 2. The SMILES string of the molecule is [C-]#[N+]C(C)=C1CC2(C1)CN(C(=O)OC(C)(C)C)C2. The van der Waals surface area contributed by atoms with Crippen molar-refractivity contribution >= 4 is 6.09 Å². The van der Waals surface area contributed by atoms with E-state index in [-0.39, 0.29) is 11.5 Å². The molecule has 1 amide bonds. The van der Waals surface area contributed by atoms with E-state index in [2.05, 4.69) is 4.85 Å². The summed E-state index contributed by atoms with van der Waals surface area (Å²) in [5, 5.41) is 0. The van der Waals surface area contributed by atoms with Gasteiger partial charge in [0.2, 0.25) is 0 Å². The fraction of sp³-hybridized carbons (Fsp3) is 0.714. The summed E-state index contributed by atoms with van der Waals surface area (Å²) in [5.41, 5.74) is 1.91. The predicted octanol–water partition coefficient (Wildman–Crippen LogP) is 3.21. The van der Waals surface area contributed by atoms with E-state index < -0.39 is 5.60 Å². The molecule has 0 radical (unpaired) electrons. The Morgan fingerprint density at radius 2 is 1.94 bits per heavy atom. The van der Waals surface area contributed by atoms with Crippen molar-refractivity contribution in [3.8, 4) is 0 Å². The largest absolute Gasteiger partial charge is 0.444 e. The van der Waals surface area contributed by atoms with Crippen LogP contribution in [0.25, 0.3) is 4.85 Å². The van der Waals surface area contributed by atoms with Gasteiger partial charge in [-0.1, -0.05) is 5.57 Å². The number of rotatable bonds is 0. The zero-order chi connectivity index (χ0) is 13.6. The van der Waals surface area contributed by atoms with Crippen LogP contribution in [0.1, 0.15) is 40.5 Å². The number of ether oxygens (including phenoxy) is 1. The molecule has 1 spiro atoms. The first-order valence-corrected chi connectivity index (χ1v) is 6.29. The molecule has 0 atom stereocenters. The second kappa shape index (κ2) is 4.01. The van der Waals surface area contributed by atoms with E-state index in [9.17, 15) is 4.79 Å². The van der Waals surface area contributed by atoms with Crippen molar-refractivity contribution < 1.29 is 9.53 Å². The quantitative estimate of drug-likeness (QED) is 0.617. The average Bonchev–Trinajstić information content (AvgIpc) is 2.09. The minimum Gasteiger partial charge on any atom is -0.444 e. The van der Waals surface area contributed by atoms with E-state index >= 15 is 0 Å². The van der Waals surface area contributed by atoms with Crippen LogP contribution in [0.5, 0.6) is 0 Å². The molecule has 2 aliphatic rings. The first kappa shape index (κ1) is 12.9. The van der Waals surface area contributed by atoms with Crippen LogP contribution in [0.3, 0.4) is 0 Å². The highest BCUT2D eigenvalue weighted by atomic mass is 16.6. The molecule has 0 aromatic heterocycles. The third-order valence-corrected chi connectivity index (χ3v) is 3.56.